The molecule has 0 spiro atoms. The average molecular weight is 281 g/mol. The minimum atomic E-state index is 0.0962. The molecule has 21 heavy (non-hydrogen) atoms. The normalized spacial score (nSPS) is 21.0. The van der Waals surface area contributed by atoms with E-state index < -0.39 is 0 Å². The third-order valence-electron chi connectivity index (χ3n) is 4.58. The lowest BCUT2D eigenvalue weighted by Gasteiger charge is -2.26. The molecule has 0 amide bonds. The lowest BCUT2D eigenvalue weighted by molar-refractivity contribution is 0.0306. The number of benzene rings is 1. The number of nitrogens with zero attached hydrogens (tertiary/aromatic N) is 1. The number of Topliss-reactive ketones (excluding diaryl/α,β-unsaturated/α-hetero) is 1. The van der Waals surface area contributed by atoms with Gasteiger partial charge in [-0.3, -0.25) is 4.79 Å². The first-order valence-corrected chi connectivity index (χ1v) is 7.72. The van der Waals surface area contributed by atoms with Gasteiger partial charge < -0.3 is 9.30 Å². The largest absolute Gasteiger partial charge is 0.371 e. The molecule has 0 radical (unpaired) electrons. The van der Waals surface area contributed by atoms with Crippen molar-refractivity contribution in [2.24, 2.45) is 0 Å². The van der Waals surface area contributed by atoms with Crippen molar-refractivity contribution in [3.05, 3.63) is 58.9 Å². The number of rotatable bonds is 2. The molecule has 1 unspecified atom stereocenters. The number of ether oxygens (including phenoxy) is 1. The minimum absolute atomic E-state index is 0.0962. The minimum Gasteiger partial charge on any atom is -0.371 e. The molecule has 2 aromatic rings. The first kappa shape index (κ1) is 12.8. The van der Waals surface area contributed by atoms with Crippen molar-refractivity contribution in [1.29, 1.82) is 0 Å². The fourth-order valence-corrected chi connectivity index (χ4v) is 3.50. The Kier molecular flexibility index (Phi) is 3.15. The number of carbonyl (C=O) groups excluding carboxylic acids is 1. The van der Waals surface area contributed by atoms with Crippen molar-refractivity contribution in [1.82, 2.24) is 4.57 Å². The third-order valence-corrected chi connectivity index (χ3v) is 4.58. The monoisotopic (exact) mass is 281 g/mol. The highest BCUT2D eigenvalue weighted by Crippen LogP contribution is 2.29. The molecular formula is C18H19NO2. The van der Waals surface area contributed by atoms with Crippen LogP contribution in [0.5, 0.6) is 0 Å². The van der Waals surface area contributed by atoms with Crippen LogP contribution in [0.2, 0.25) is 0 Å². The Hall–Kier alpha value is -1.87. The summed E-state index contributed by atoms with van der Waals surface area (Å²) in [6.07, 6.45) is 7.94. The maximum atomic E-state index is 11.9. The Labute approximate surface area is 124 Å². The second kappa shape index (κ2) is 5.15. The molecule has 0 saturated carbocycles. The Morgan fingerprint density at radius 3 is 2.90 bits per heavy atom. The van der Waals surface area contributed by atoms with Crippen LogP contribution in [-0.2, 0) is 24.1 Å². The van der Waals surface area contributed by atoms with Gasteiger partial charge in [0, 0.05) is 24.4 Å². The van der Waals surface area contributed by atoms with Crippen LogP contribution in [0.3, 0.4) is 0 Å². The molecule has 1 atom stereocenters. The van der Waals surface area contributed by atoms with Crippen LogP contribution in [0.15, 0.2) is 36.7 Å². The van der Waals surface area contributed by atoms with E-state index in [0.29, 0.717) is 12.2 Å². The lowest BCUT2D eigenvalue weighted by atomic mass is 9.95. The van der Waals surface area contributed by atoms with E-state index in [-0.39, 0.29) is 6.10 Å². The molecule has 4 rings (SSSR count). The summed E-state index contributed by atoms with van der Waals surface area (Å²) < 4.78 is 8.10. The predicted octanol–water partition coefficient (Wildman–Crippen LogP) is 3.32. The van der Waals surface area contributed by atoms with E-state index >= 15 is 0 Å². The number of hydrogen-bond acceptors (Lipinski definition) is 2. The van der Waals surface area contributed by atoms with Gasteiger partial charge in [0.1, 0.15) is 6.10 Å². The average Bonchev–Trinajstić information content (AvgIpc) is 2.92. The highest BCUT2D eigenvalue weighted by Gasteiger charge is 2.23. The van der Waals surface area contributed by atoms with Crippen molar-refractivity contribution in [3.8, 4) is 0 Å². The maximum absolute atomic E-state index is 11.9. The van der Waals surface area contributed by atoms with Gasteiger partial charge in [0.25, 0.3) is 0 Å². The van der Waals surface area contributed by atoms with Crippen LogP contribution >= 0.6 is 0 Å². The summed E-state index contributed by atoms with van der Waals surface area (Å²) in [5.74, 6) is 0.292. The predicted molar refractivity (Wildman–Crippen MR) is 80.5 cm³/mol. The van der Waals surface area contributed by atoms with Gasteiger partial charge >= 0.3 is 0 Å². The van der Waals surface area contributed by atoms with Gasteiger partial charge in [-0.15, -0.1) is 0 Å². The standard InChI is InChI=1S/C18H19NO2/c20-17-7-3-5-14-10-19(11-16(14)17)12-18-15-6-2-1-4-13(15)8-9-21-18/h1-2,4,6,10-11,18H,3,5,7-9,12H2. The van der Waals surface area contributed by atoms with Crippen LogP contribution in [0.25, 0.3) is 0 Å². The van der Waals surface area contributed by atoms with Crippen LogP contribution in [0.4, 0.5) is 0 Å². The summed E-state index contributed by atoms with van der Waals surface area (Å²) in [6.45, 7) is 1.57. The molecule has 0 bridgehead atoms. The number of hydrogen-bond donors (Lipinski definition) is 0. The second-order valence-electron chi connectivity index (χ2n) is 5.98. The van der Waals surface area contributed by atoms with E-state index in [2.05, 4.69) is 35.0 Å². The van der Waals surface area contributed by atoms with Crippen molar-refractivity contribution < 1.29 is 9.53 Å². The number of carbonyl (C=O) groups is 1. The first-order chi connectivity index (χ1) is 10.3. The molecule has 1 aromatic heterocycles. The van der Waals surface area contributed by atoms with Gasteiger partial charge in [-0.05, 0) is 36.0 Å². The Morgan fingerprint density at radius 1 is 1.10 bits per heavy atom. The van der Waals surface area contributed by atoms with Gasteiger partial charge in [0.2, 0.25) is 0 Å². The molecule has 3 heteroatoms. The molecule has 0 fully saturated rings. The van der Waals surface area contributed by atoms with Gasteiger partial charge in [-0.25, -0.2) is 0 Å². The van der Waals surface area contributed by atoms with E-state index in [1.807, 2.05) is 6.20 Å². The van der Waals surface area contributed by atoms with Gasteiger partial charge in [-0.1, -0.05) is 24.3 Å². The summed E-state index contributed by atoms with van der Waals surface area (Å²) in [5, 5.41) is 0. The lowest BCUT2D eigenvalue weighted by Crippen LogP contribution is -2.20. The molecule has 2 heterocycles. The Balaban J connectivity index is 1.61. The summed E-state index contributed by atoms with van der Waals surface area (Å²) in [5.41, 5.74) is 4.81. The molecule has 1 aliphatic heterocycles. The van der Waals surface area contributed by atoms with E-state index in [1.54, 1.807) is 0 Å². The molecule has 108 valence electrons. The highest BCUT2D eigenvalue weighted by atomic mass is 16.5. The van der Waals surface area contributed by atoms with Gasteiger partial charge in [-0.2, -0.15) is 0 Å². The number of aryl methyl sites for hydroxylation is 1. The van der Waals surface area contributed by atoms with E-state index in [9.17, 15) is 4.79 Å². The van der Waals surface area contributed by atoms with Crippen LogP contribution in [0, 0.1) is 0 Å². The smallest absolute Gasteiger partial charge is 0.164 e. The number of aromatic nitrogens is 1. The van der Waals surface area contributed by atoms with Crippen molar-refractivity contribution in [2.75, 3.05) is 6.61 Å². The summed E-state index contributed by atoms with van der Waals surface area (Å²) in [4.78, 5) is 11.9. The Bertz CT molecular complexity index is 686. The molecule has 1 aliphatic carbocycles. The second-order valence-corrected chi connectivity index (χ2v) is 5.98. The van der Waals surface area contributed by atoms with Crippen LogP contribution in [0.1, 0.15) is 46.0 Å². The molecule has 0 saturated heterocycles. The van der Waals surface area contributed by atoms with Gasteiger partial charge in [0.05, 0.1) is 13.2 Å². The molecule has 3 nitrogen and oxygen atoms in total. The molecule has 0 N–H and O–H groups in total. The van der Waals surface area contributed by atoms with Crippen LogP contribution in [-0.4, -0.2) is 17.0 Å². The zero-order valence-electron chi connectivity index (χ0n) is 12.0. The highest BCUT2D eigenvalue weighted by molar-refractivity contribution is 5.98. The summed E-state index contributed by atoms with van der Waals surface area (Å²) >= 11 is 0. The quantitative estimate of drug-likeness (QED) is 0.845. The number of fused-ring (bicyclic) bond motifs is 2. The topological polar surface area (TPSA) is 31.2 Å². The molecule has 1 aromatic carbocycles. The fraction of sp³-hybridized carbons (Fsp3) is 0.389. The first-order valence-electron chi connectivity index (χ1n) is 7.72. The van der Waals surface area contributed by atoms with Crippen molar-refractivity contribution in [2.45, 2.75) is 38.3 Å². The fourth-order valence-electron chi connectivity index (χ4n) is 3.50. The summed E-state index contributed by atoms with van der Waals surface area (Å²) in [7, 11) is 0. The zero-order valence-corrected chi connectivity index (χ0v) is 12.0. The van der Waals surface area contributed by atoms with Crippen molar-refractivity contribution >= 4 is 5.78 Å². The third kappa shape index (κ3) is 2.32. The summed E-state index contributed by atoms with van der Waals surface area (Å²) in [6, 6.07) is 8.52. The van der Waals surface area contributed by atoms with E-state index in [0.717, 1.165) is 38.0 Å². The maximum Gasteiger partial charge on any atom is 0.164 e. The SMILES string of the molecule is O=C1CCCc2cn(CC3OCCc4ccccc43)cc21. The van der Waals surface area contributed by atoms with Crippen molar-refractivity contribution in [3.63, 3.8) is 0 Å². The van der Waals surface area contributed by atoms with Crippen LogP contribution < -0.4 is 0 Å². The zero-order chi connectivity index (χ0) is 14.2. The molecular weight excluding hydrogens is 262 g/mol. The van der Waals surface area contributed by atoms with Gasteiger partial charge in [0.15, 0.2) is 5.78 Å². The number of ketones is 1. The molecule has 2 aliphatic rings. The Morgan fingerprint density at radius 2 is 2.00 bits per heavy atom. The van der Waals surface area contributed by atoms with E-state index in [1.165, 1.54) is 16.7 Å². The van der Waals surface area contributed by atoms with E-state index in [4.69, 9.17) is 4.74 Å².